The number of fused-ring (bicyclic) bond motifs is 1. The average Bonchev–Trinajstić information content (AvgIpc) is 3.13. The lowest BCUT2D eigenvalue weighted by atomic mass is 10.2. The van der Waals surface area contributed by atoms with Gasteiger partial charge >= 0.3 is 6.09 Å². The number of hydrogen-bond acceptors (Lipinski definition) is 8. The summed E-state index contributed by atoms with van der Waals surface area (Å²) in [6, 6.07) is 9.77. The highest BCUT2D eigenvalue weighted by molar-refractivity contribution is 5.82. The van der Waals surface area contributed by atoms with E-state index in [4.69, 9.17) is 14.7 Å². The Hall–Kier alpha value is -3.87. The number of ether oxygens (including phenoxy) is 1. The van der Waals surface area contributed by atoms with Crippen LogP contribution in [-0.4, -0.2) is 63.5 Å². The first-order valence-corrected chi connectivity index (χ1v) is 9.73. The second-order valence-corrected chi connectivity index (χ2v) is 6.82. The molecule has 0 unspecified atom stereocenters. The maximum absolute atomic E-state index is 12.0. The third-order valence-corrected chi connectivity index (χ3v) is 4.95. The Kier molecular flexibility index (Phi) is 5.34. The molecule has 1 saturated heterocycles. The number of nitriles is 1. The highest BCUT2D eigenvalue weighted by Crippen LogP contribution is 2.29. The van der Waals surface area contributed by atoms with E-state index in [1.54, 1.807) is 23.6 Å². The van der Waals surface area contributed by atoms with Crippen LogP contribution in [-0.2, 0) is 11.8 Å². The summed E-state index contributed by atoms with van der Waals surface area (Å²) in [5.74, 6) is 1.76. The predicted octanol–water partition coefficient (Wildman–Crippen LogP) is 2.26. The molecule has 0 saturated carbocycles. The number of nitrogens with zero attached hydrogens (tertiary/aromatic N) is 7. The molecule has 0 radical (unpaired) electrons. The number of para-hydroxylation sites is 2. The number of amides is 1. The lowest BCUT2D eigenvalue weighted by Crippen LogP contribution is -2.49. The monoisotopic (exact) mass is 406 g/mol. The van der Waals surface area contributed by atoms with Crippen LogP contribution >= 0.6 is 0 Å². The van der Waals surface area contributed by atoms with Gasteiger partial charge in [-0.25, -0.2) is 14.8 Å². The molecule has 3 heterocycles. The summed E-state index contributed by atoms with van der Waals surface area (Å²) >= 11 is 0. The molecule has 3 aromatic rings. The van der Waals surface area contributed by atoms with Crippen LogP contribution in [0, 0.1) is 11.3 Å². The Morgan fingerprint density at radius 2 is 1.90 bits per heavy atom. The standard InChI is InChI=1S/C20H22N8O2/c1-3-30-20(29)28-10-8-27(9-11-28)19-17(23-15-6-4-5-7-16(15)24-19)25-18-14(12-21)13-22-26(18)2/h4-7,13H,3,8-11H2,1-2H3,(H,23,25). The number of anilines is 3. The van der Waals surface area contributed by atoms with Crippen molar-refractivity contribution in [2.24, 2.45) is 7.05 Å². The number of piperazine rings is 1. The highest BCUT2D eigenvalue weighted by atomic mass is 16.6. The van der Waals surface area contributed by atoms with Crippen LogP contribution in [0.4, 0.5) is 22.2 Å². The molecule has 154 valence electrons. The van der Waals surface area contributed by atoms with Crippen LogP contribution < -0.4 is 10.2 Å². The van der Waals surface area contributed by atoms with Gasteiger partial charge in [0.25, 0.3) is 0 Å². The number of hydrogen-bond donors (Lipinski definition) is 1. The van der Waals surface area contributed by atoms with Gasteiger partial charge in [-0.05, 0) is 19.1 Å². The van der Waals surface area contributed by atoms with Crippen molar-refractivity contribution in [2.45, 2.75) is 6.92 Å². The SMILES string of the molecule is CCOC(=O)N1CCN(c2nc3ccccc3nc2Nc2c(C#N)cnn2C)CC1. The second-order valence-electron chi connectivity index (χ2n) is 6.82. The first kappa shape index (κ1) is 19.4. The van der Waals surface area contributed by atoms with Gasteiger partial charge in [0.15, 0.2) is 11.6 Å². The van der Waals surface area contributed by atoms with E-state index < -0.39 is 0 Å². The summed E-state index contributed by atoms with van der Waals surface area (Å²) in [5, 5.41) is 16.8. The summed E-state index contributed by atoms with van der Waals surface area (Å²) in [7, 11) is 1.76. The van der Waals surface area contributed by atoms with Crippen molar-refractivity contribution < 1.29 is 9.53 Å². The average molecular weight is 406 g/mol. The van der Waals surface area contributed by atoms with Crippen LogP contribution in [0.15, 0.2) is 30.5 Å². The van der Waals surface area contributed by atoms with Crippen LogP contribution in [0.3, 0.4) is 0 Å². The summed E-state index contributed by atoms with van der Waals surface area (Å²) < 4.78 is 6.70. The van der Waals surface area contributed by atoms with E-state index in [2.05, 4.69) is 21.4 Å². The molecule has 0 aliphatic carbocycles. The number of benzene rings is 1. The number of nitrogens with one attached hydrogen (secondary N) is 1. The summed E-state index contributed by atoms with van der Waals surface area (Å²) in [4.78, 5) is 25.4. The normalized spacial score (nSPS) is 13.9. The highest BCUT2D eigenvalue weighted by Gasteiger charge is 2.25. The van der Waals surface area contributed by atoms with E-state index in [9.17, 15) is 10.1 Å². The van der Waals surface area contributed by atoms with E-state index in [1.165, 1.54) is 6.20 Å². The quantitative estimate of drug-likeness (QED) is 0.702. The van der Waals surface area contributed by atoms with Gasteiger partial charge in [-0.3, -0.25) is 4.68 Å². The Morgan fingerprint density at radius 3 is 2.57 bits per heavy atom. The maximum atomic E-state index is 12.0. The fourth-order valence-electron chi connectivity index (χ4n) is 3.39. The number of carbonyl (C=O) groups is 1. The second kappa shape index (κ2) is 8.24. The molecule has 2 aromatic heterocycles. The molecular formula is C20H22N8O2. The molecule has 1 aliphatic rings. The fraction of sp³-hybridized carbons (Fsp3) is 0.350. The molecule has 10 heteroatoms. The lowest BCUT2D eigenvalue weighted by molar-refractivity contribution is 0.105. The molecule has 0 spiro atoms. The topological polar surface area (TPSA) is 112 Å². The first-order valence-electron chi connectivity index (χ1n) is 9.73. The summed E-state index contributed by atoms with van der Waals surface area (Å²) in [6.45, 7) is 4.40. The molecule has 1 N–H and O–H groups in total. The molecule has 4 rings (SSSR count). The van der Waals surface area contributed by atoms with Gasteiger partial charge in [-0.15, -0.1) is 0 Å². The molecule has 1 amide bonds. The van der Waals surface area contributed by atoms with Crippen LogP contribution in [0.1, 0.15) is 12.5 Å². The van der Waals surface area contributed by atoms with Gasteiger partial charge in [0.05, 0.1) is 23.8 Å². The largest absolute Gasteiger partial charge is 0.450 e. The van der Waals surface area contributed by atoms with Gasteiger partial charge in [0.1, 0.15) is 17.5 Å². The minimum atomic E-state index is -0.298. The third-order valence-electron chi connectivity index (χ3n) is 4.95. The van der Waals surface area contributed by atoms with E-state index in [1.807, 2.05) is 24.3 Å². The Morgan fingerprint density at radius 1 is 1.20 bits per heavy atom. The third kappa shape index (κ3) is 3.69. The summed E-state index contributed by atoms with van der Waals surface area (Å²) in [6.07, 6.45) is 1.21. The number of rotatable bonds is 4. The van der Waals surface area contributed by atoms with Crippen molar-refractivity contribution in [1.82, 2.24) is 24.6 Å². The molecule has 1 fully saturated rings. The first-order chi connectivity index (χ1) is 14.6. The fourth-order valence-corrected chi connectivity index (χ4v) is 3.39. The van der Waals surface area contributed by atoms with Gasteiger partial charge in [0.2, 0.25) is 0 Å². The molecule has 1 aromatic carbocycles. The van der Waals surface area contributed by atoms with Crippen LogP contribution in [0.2, 0.25) is 0 Å². The minimum Gasteiger partial charge on any atom is -0.450 e. The smallest absolute Gasteiger partial charge is 0.409 e. The van der Waals surface area contributed by atoms with Crippen molar-refractivity contribution in [1.29, 1.82) is 5.26 Å². The van der Waals surface area contributed by atoms with Gasteiger partial charge in [-0.2, -0.15) is 10.4 Å². The van der Waals surface area contributed by atoms with Gasteiger partial charge in [-0.1, -0.05) is 12.1 Å². The number of aromatic nitrogens is 4. The van der Waals surface area contributed by atoms with Gasteiger partial charge < -0.3 is 19.9 Å². The number of carbonyl (C=O) groups excluding carboxylic acids is 1. The van der Waals surface area contributed by atoms with Crippen molar-refractivity contribution in [3.63, 3.8) is 0 Å². The molecule has 0 bridgehead atoms. The van der Waals surface area contributed by atoms with Gasteiger partial charge in [0, 0.05) is 33.2 Å². The lowest BCUT2D eigenvalue weighted by Gasteiger charge is -2.35. The minimum absolute atomic E-state index is 0.298. The summed E-state index contributed by atoms with van der Waals surface area (Å²) in [5.41, 5.74) is 1.94. The predicted molar refractivity (Wildman–Crippen MR) is 112 cm³/mol. The molecule has 30 heavy (non-hydrogen) atoms. The maximum Gasteiger partial charge on any atom is 0.409 e. The van der Waals surface area contributed by atoms with E-state index in [-0.39, 0.29) is 6.09 Å². The Balaban J connectivity index is 1.67. The van der Waals surface area contributed by atoms with Crippen LogP contribution in [0.25, 0.3) is 11.0 Å². The Bertz CT molecular complexity index is 1110. The number of aryl methyl sites for hydroxylation is 1. The molecule has 0 atom stereocenters. The van der Waals surface area contributed by atoms with E-state index >= 15 is 0 Å². The zero-order chi connectivity index (χ0) is 21.1. The zero-order valence-electron chi connectivity index (χ0n) is 16.9. The Labute approximate surface area is 173 Å². The van der Waals surface area contributed by atoms with Crippen molar-refractivity contribution >= 4 is 34.6 Å². The van der Waals surface area contributed by atoms with Crippen molar-refractivity contribution in [3.05, 3.63) is 36.0 Å². The van der Waals surface area contributed by atoms with E-state index in [0.29, 0.717) is 55.8 Å². The molecule has 10 nitrogen and oxygen atoms in total. The molecule has 1 aliphatic heterocycles. The van der Waals surface area contributed by atoms with E-state index in [0.717, 1.165) is 11.0 Å². The van der Waals surface area contributed by atoms with Crippen molar-refractivity contribution in [2.75, 3.05) is 43.0 Å². The zero-order valence-corrected chi connectivity index (χ0v) is 16.9. The molecular weight excluding hydrogens is 384 g/mol. The van der Waals surface area contributed by atoms with Crippen LogP contribution in [0.5, 0.6) is 0 Å². The van der Waals surface area contributed by atoms with Crippen molar-refractivity contribution in [3.8, 4) is 6.07 Å².